The number of hydrogen-bond acceptors (Lipinski definition) is 6. The van der Waals surface area contributed by atoms with Gasteiger partial charge in [0.2, 0.25) is 11.8 Å². The summed E-state index contributed by atoms with van der Waals surface area (Å²) >= 11 is 0. The smallest absolute Gasteiger partial charge is 0.248 e. The monoisotopic (exact) mass is 486 g/mol. The molecule has 1 aromatic rings. The largest absolute Gasteiger partial charge is 0.297 e. The molecule has 0 saturated carbocycles. The Bertz CT molecular complexity index is 873. The van der Waals surface area contributed by atoms with Crippen molar-refractivity contribution in [3.05, 3.63) is 42.0 Å². The number of nitrogens with two attached hydrogens (primary N) is 1. The maximum atomic E-state index is 14.4. The highest BCUT2D eigenvalue weighted by molar-refractivity contribution is 6.09. The number of hydrazine groups is 1. The molecule has 5 N–H and O–H groups in total. The molecule has 4 atom stereocenters. The Hall–Kier alpha value is -2.55. The molecule has 0 aromatic heterocycles. The van der Waals surface area contributed by atoms with Crippen LogP contribution in [-0.4, -0.2) is 46.8 Å². The Kier molecular flexibility index (Phi) is 11.1. The summed E-state index contributed by atoms with van der Waals surface area (Å²) in [7, 11) is 0. The molecule has 2 unspecified atom stereocenters. The topological polar surface area (TPSA) is 125 Å². The van der Waals surface area contributed by atoms with Crippen LogP contribution in [0.4, 0.5) is 0 Å². The van der Waals surface area contributed by atoms with E-state index in [-0.39, 0.29) is 18.1 Å². The van der Waals surface area contributed by atoms with Crippen molar-refractivity contribution in [1.29, 1.82) is 0 Å². The fourth-order valence-electron chi connectivity index (χ4n) is 5.39. The number of carbonyl (C=O) groups is 3. The molecule has 8 heteroatoms. The Morgan fingerprint density at radius 2 is 1.94 bits per heavy atom. The van der Waals surface area contributed by atoms with Gasteiger partial charge in [-0.05, 0) is 49.6 Å². The molecule has 1 fully saturated rings. The molecule has 2 amide bonds. The summed E-state index contributed by atoms with van der Waals surface area (Å²) in [6, 6.07) is 8.80. The first kappa shape index (κ1) is 28.7. The predicted octanol–water partition coefficient (Wildman–Crippen LogP) is 3.31. The summed E-state index contributed by atoms with van der Waals surface area (Å²) in [6.45, 7) is 9.26. The van der Waals surface area contributed by atoms with E-state index in [0.29, 0.717) is 38.3 Å². The van der Waals surface area contributed by atoms with Gasteiger partial charge in [-0.1, -0.05) is 76.6 Å². The zero-order valence-corrected chi connectivity index (χ0v) is 21.5. The summed E-state index contributed by atoms with van der Waals surface area (Å²) in [4.78, 5) is 42.6. The number of nitrogens with zero attached hydrogens (tertiary/aromatic N) is 1. The minimum atomic E-state index is -1.36. The van der Waals surface area contributed by atoms with Crippen LogP contribution in [0.5, 0.6) is 0 Å². The molecular weight excluding hydrogens is 444 g/mol. The zero-order valence-electron chi connectivity index (χ0n) is 21.5. The van der Waals surface area contributed by atoms with E-state index in [1.807, 2.05) is 68.2 Å². The second kappa shape index (κ2) is 13.5. The van der Waals surface area contributed by atoms with E-state index in [4.69, 9.17) is 5.84 Å². The zero-order chi connectivity index (χ0) is 26.0. The summed E-state index contributed by atoms with van der Waals surface area (Å²) in [5.41, 5.74) is 3.62. The highest BCUT2D eigenvalue weighted by atomic mass is 16.5. The van der Waals surface area contributed by atoms with Crippen molar-refractivity contribution >= 4 is 23.7 Å². The molecule has 1 aromatic carbocycles. The predicted molar refractivity (Wildman–Crippen MR) is 137 cm³/mol. The second-order valence-corrected chi connectivity index (χ2v) is 10.2. The van der Waals surface area contributed by atoms with E-state index in [2.05, 4.69) is 12.3 Å². The van der Waals surface area contributed by atoms with Crippen LogP contribution < -0.4 is 16.7 Å². The maximum Gasteiger partial charge on any atom is 0.248 e. The molecule has 2 rings (SSSR count). The van der Waals surface area contributed by atoms with Crippen molar-refractivity contribution in [3.63, 3.8) is 0 Å². The Labute approximate surface area is 209 Å². The summed E-state index contributed by atoms with van der Waals surface area (Å²) in [5.74, 6) is 3.69. The standard InChI is InChI=1S/C27H42N4O4/c1-5-15-27(17-19(2)3,26(34)29-28)24(32)23(31-16-14-20(4)18-31)22(25(33)30-35)13-9-12-21-10-7-6-8-11-21/h6-12,19-20,22-23,35H,5,13-18,28H2,1-4H3,(H,29,34)(H,30,33)/b12-9+/t20?,22-,23+,27?/m0/s1. The van der Waals surface area contributed by atoms with E-state index in [0.717, 1.165) is 12.0 Å². The molecule has 194 valence electrons. The molecule has 0 bridgehead atoms. The summed E-state index contributed by atoms with van der Waals surface area (Å²) < 4.78 is 0. The van der Waals surface area contributed by atoms with E-state index < -0.39 is 29.2 Å². The third-order valence-electron chi connectivity index (χ3n) is 6.92. The van der Waals surface area contributed by atoms with E-state index in [9.17, 15) is 19.6 Å². The lowest BCUT2D eigenvalue weighted by Crippen LogP contribution is -2.59. The van der Waals surface area contributed by atoms with E-state index in [1.54, 1.807) is 5.48 Å². The van der Waals surface area contributed by atoms with Crippen molar-refractivity contribution in [3.8, 4) is 0 Å². The summed E-state index contributed by atoms with van der Waals surface area (Å²) in [6.07, 6.45) is 6.14. The SMILES string of the molecule is CCCC(CC(C)C)(C(=O)NN)C(=O)[C@@H]([C@H](C/C=C/c1ccccc1)C(=O)NO)N1CCC(C)C1. The van der Waals surface area contributed by atoms with Crippen molar-refractivity contribution in [2.45, 2.75) is 65.8 Å². The number of ketones is 1. The Balaban J connectivity index is 2.55. The number of carbonyl (C=O) groups excluding carboxylic acids is 3. The van der Waals surface area contributed by atoms with Gasteiger partial charge in [0.25, 0.3) is 0 Å². The van der Waals surface area contributed by atoms with Crippen LogP contribution in [0, 0.1) is 23.2 Å². The van der Waals surface area contributed by atoms with Crippen molar-refractivity contribution in [2.75, 3.05) is 13.1 Å². The lowest BCUT2D eigenvalue weighted by molar-refractivity contribution is -0.152. The van der Waals surface area contributed by atoms with E-state index >= 15 is 0 Å². The molecule has 1 heterocycles. The molecule has 8 nitrogen and oxygen atoms in total. The number of amides is 2. The van der Waals surface area contributed by atoms with Gasteiger partial charge in [0, 0.05) is 6.54 Å². The first-order valence-corrected chi connectivity index (χ1v) is 12.6. The fraction of sp³-hybridized carbons (Fsp3) is 0.593. The third-order valence-corrected chi connectivity index (χ3v) is 6.92. The highest BCUT2D eigenvalue weighted by Gasteiger charge is 2.52. The average molecular weight is 487 g/mol. The van der Waals surface area contributed by atoms with Gasteiger partial charge in [-0.2, -0.15) is 0 Å². The van der Waals surface area contributed by atoms with Crippen LogP contribution in [0.2, 0.25) is 0 Å². The first-order chi connectivity index (χ1) is 16.7. The van der Waals surface area contributed by atoms with Crippen molar-refractivity contribution in [2.24, 2.45) is 29.0 Å². The quantitative estimate of drug-likeness (QED) is 0.111. The number of Topliss-reactive ketones (excluding diaryl/α,β-unsaturated/α-hetero) is 1. The molecule has 1 saturated heterocycles. The van der Waals surface area contributed by atoms with Crippen LogP contribution in [0.15, 0.2) is 36.4 Å². The minimum Gasteiger partial charge on any atom is -0.297 e. The van der Waals surface area contributed by atoms with Crippen LogP contribution >= 0.6 is 0 Å². The van der Waals surface area contributed by atoms with Gasteiger partial charge >= 0.3 is 0 Å². The number of hydroxylamine groups is 1. The van der Waals surface area contributed by atoms with Gasteiger partial charge in [0.15, 0.2) is 5.78 Å². The maximum absolute atomic E-state index is 14.4. The molecule has 0 aliphatic carbocycles. The van der Waals surface area contributed by atoms with Crippen LogP contribution in [-0.2, 0) is 14.4 Å². The summed E-state index contributed by atoms with van der Waals surface area (Å²) in [5, 5.41) is 9.60. The van der Waals surface area contributed by atoms with Gasteiger partial charge in [-0.3, -0.25) is 29.9 Å². The third kappa shape index (κ3) is 7.22. The molecule has 0 spiro atoms. The van der Waals surface area contributed by atoms with Gasteiger partial charge in [-0.15, -0.1) is 0 Å². The van der Waals surface area contributed by atoms with E-state index in [1.165, 1.54) is 0 Å². The highest BCUT2D eigenvalue weighted by Crippen LogP contribution is 2.39. The number of hydrogen-bond donors (Lipinski definition) is 4. The van der Waals surface area contributed by atoms with Gasteiger partial charge < -0.3 is 0 Å². The van der Waals surface area contributed by atoms with Crippen molar-refractivity contribution in [1.82, 2.24) is 15.8 Å². The van der Waals surface area contributed by atoms with Crippen LogP contribution in [0.3, 0.4) is 0 Å². The molecular formula is C27H42N4O4. The fourth-order valence-corrected chi connectivity index (χ4v) is 5.39. The number of likely N-dealkylation sites (tertiary alicyclic amines) is 1. The second-order valence-electron chi connectivity index (χ2n) is 10.2. The molecule has 0 radical (unpaired) electrons. The lowest BCUT2D eigenvalue weighted by Gasteiger charge is -2.40. The Morgan fingerprint density at radius 1 is 1.26 bits per heavy atom. The molecule has 35 heavy (non-hydrogen) atoms. The lowest BCUT2D eigenvalue weighted by atomic mass is 9.68. The van der Waals surface area contributed by atoms with Gasteiger partial charge in [0.1, 0.15) is 5.41 Å². The molecule has 1 aliphatic rings. The van der Waals surface area contributed by atoms with Crippen LogP contribution in [0.1, 0.15) is 65.4 Å². The molecule has 1 aliphatic heterocycles. The number of rotatable bonds is 13. The Morgan fingerprint density at radius 3 is 2.46 bits per heavy atom. The number of nitrogens with one attached hydrogen (secondary N) is 2. The average Bonchev–Trinajstić information content (AvgIpc) is 3.27. The van der Waals surface area contributed by atoms with Crippen LogP contribution in [0.25, 0.3) is 6.08 Å². The van der Waals surface area contributed by atoms with Gasteiger partial charge in [-0.25, -0.2) is 11.3 Å². The van der Waals surface area contributed by atoms with Crippen molar-refractivity contribution < 1.29 is 19.6 Å². The minimum absolute atomic E-state index is 0.0593. The first-order valence-electron chi connectivity index (χ1n) is 12.6. The normalized spacial score (nSPS) is 19.9. The number of benzene rings is 1. The van der Waals surface area contributed by atoms with Gasteiger partial charge in [0.05, 0.1) is 12.0 Å². The number of allylic oxidation sites excluding steroid dienone is 1.